The normalized spacial score (nSPS) is 11.1. The quantitative estimate of drug-likeness (QED) is 0.921. The molecule has 0 saturated heterocycles. The highest BCUT2D eigenvalue weighted by Gasteiger charge is 2.18. The van der Waals surface area contributed by atoms with Crippen LogP contribution in [0.1, 0.15) is 12.5 Å². The molecule has 0 aromatic heterocycles. The molecule has 0 radical (unpaired) electrons. The van der Waals surface area contributed by atoms with E-state index in [0.29, 0.717) is 11.4 Å². The maximum Gasteiger partial charge on any atom is 0.265 e. The molecule has 0 heterocycles. The first kappa shape index (κ1) is 14.4. The minimum atomic E-state index is -3.66. The second-order valence-corrected chi connectivity index (χ2v) is 5.96. The Morgan fingerprint density at radius 2 is 1.85 bits per heavy atom. The Hall–Kier alpha value is -2.01. The second-order valence-electron chi connectivity index (χ2n) is 4.31. The van der Waals surface area contributed by atoms with Crippen LogP contribution in [0, 0.1) is 0 Å². The molecule has 0 aliphatic carbocycles. The van der Waals surface area contributed by atoms with Crippen LogP contribution in [-0.2, 0) is 16.4 Å². The summed E-state index contributed by atoms with van der Waals surface area (Å²) in [4.78, 5) is 0.129. The third-order valence-corrected chi connectivity index (χ3v) is 4.37. The van der Waals surface area contributed by atoms with E-state index in [9.17, 15) is 8.42 Å². The molecular formula is C15H17NO3S. The molecule has 2 rings (SSSR count). The maximum absolute atomic E-state index is 12.4. The summed E-state index contributed by atoms with van der Waals surface area (Å²) in [7, 11) is -2.21. The van der Waals surface area contributed by atoms with Crippen LogP contribution < -0.4 is 9.46 Å². The van der Waals surface area contributed by atoms with E-state index in [1.807, 2.05) is 25.1 Å². The minimum absolute atomic E-state index is 0.129. The fraction of sp³-hybridized carbons (Fsp3) is 0.200. The molecule has 0 aliphatic rings. The molecule has 5 heteroatoms. The molecule has 2 aromatic rings. The van der Waals surface area contributed by atoms with Crippen LogP contribution in [0.4, 0.5) is 5.69 Å². The molecule has 20 heavy (non-hydrogen) atoms. The number of hydrogen-bond acceptors (Lipinski definition) is 3. The molecule has 0 unspecified atom stereocenters. The molecule has 2 aromatic carbocycles. The molecule has 0 spiro atoms. The van der Waals surface area contributed by atoms with E-state index in [1.165, 1.54) is 13.2 Å². The van der Waals surface area contributed by atoms with Crippen LogP contribution in [-0.4, -0.2) is 15.5 Å². The van der Waals surface area contributed by atoms with E-state index in [0.717, 1.165) is 12.0 Å². The molecule has 0 fully saturated rings. The summed E-state index contributed by atoms with van der Waals surface area (Å²) in [5, 5.41) is 0. The van der Waals surface area contributed by atoms with Crippen molar-refractivity contribution in [1.29, 1.82) is 0 Å². The number of rotatable bonds is 5. The van der Waals surface area contributed by atoms with E-state index in [-0.39, 0.29) is 4.90 Å². The van der Waals surface area contributed by atoms with Gasteiger partial charge in [-0.05, 0) is 36.2 Å². The summed E-state index contributed by atoms with van der Waals surface area (Å²) in [5.74, 6) is 0.326. The number of para-hydroxylation sites is 1. The zero-order chi connectivity index (χ0) is 14.6. The van der Waals surface area contributed by atoms with Gasteiger partial charge < -0.3 is 4.74 Å². The van der Waals surface area contributed by atoms with Crippen molar-refractivity contribution >= 4 is 15.7 Å². The van der Waals surface area contributed by atoms with Gasteiger partial charge in [0.1, 0.15) is 10.6 Å². The highest BCUT2D eigenvalue weighted by Crippen LogP contribution is 2.25. The summed E-state index contributed by atoms with van der Waals surface area (Å²) in [6.07, 6.45) is 0.851. The van der Waals surface area contributed by atoms with E-state index >= 15 is 0 Å². The van der Waals surface area contributed by atoms with Gasteiger partial charge in [-0.15, -0.1) is 0 Å². The Kier molecular flexibility index (Phi) is 4.29. The molecule has 4 nitrogen and oxygen atoms in total. The van der Waals surface area contributed by atoms with Gasteiger partial charge in [-0.2, -0.15) is 0 Å². The molecule has 0 amide bonds. The van der Waals surface area contributed by atoms with Crippen molar-refractivity contribution in [2.45, 2.75) is 18.2 Å². The molecule has 0 bridgehead atoms. The monoisotopic (exact) mass is 291 g/mol. The van der Waals surface area contributed by atoms with Gasteiger partial charge in [0.25, 0.3) is 10.0 Å². The average Bonchev–Trinajstić information content (AvgIpc) is 2.47. The number of aryl methyl sites for hydroxylation is 1. The summed E-state index contributed by atoms with van der Waals surface area (Å²) in [5.41, 5.74) is 1.63. The van der Waals surface area contributed by atoms with Gasteiger partial charge in [-0.1, -0.05) is 31.2 Å². The first-order chi connectivity index (χ1) is 9.56. The SMILES string of the molecule is CCc1cccc(NS(=O)(=O)c2ccccc2OC)c1. The summed E-state index contributed by atoms with van der Waals surface area (Å²) < 4.78 is 32.5. The predicted molar refractivity (Wildman–Crippen MR) is 79.6 cm³/mol. The van der Waals surface area contributed by atoms with E-state index in [1.54, 1.807) is 24.3 Å². The Morgan fingerprint density at radius 3 is 2.55 bits per heavy atom. The van der Waals surface area contributed by atoms with Crippen LogP contribution in [0.3, 0.4) is 0 Å². The van der Waals surface area contributed by atoms with Crippen molar-refractivity contribution in [3.63, 3.8) is 0 Å². The maximum atomic E-state index is 12.4. The van der Waals surface area contributed by atoms with Crippen LogP contribution in [0.5, 0.6) is 5.75 Å². The second kappa shape index (κ2) is 5.96. The number of hydrogen-bond donors (Lipinski definition) is 1. The van der Waals surface area contributed by atoms with Gasteiger partial charge in [0.2, 0.25) is 0 Å². The Bertz CT molecular complexity index is 696. The van der Waals surface area contributed by atoms with E-state index in [4.69, 9.17) is 4.74 Å². The third kappa shape index (κ3) is 3.11. The Balaban J connectivity index is 2.35. The first-order valence-corrected chi connectivity index (χ1v) is 7.80. The first-order valence-electron chi connectivity index (χ1n) is 6.31. The topological polar surface area (TPSA) is 55.4 Å². The van der Waals surface area contributed by atoms with Crippen molar-refractivity contribution < 1.29 is 13.2 Å². The fourth-order valence-corrected chi connectivity index (χ4v) is 3.13. The Labute approximate surface area is 119 Å². The van der Waals surface area contributed by atoms with Gasteiger partial charge in [0, 0.05) is 5.69 Å². The lowest BCUT2D eigenvalue weighted by Gasteiger charge is -2.11. The molecule has 106 valence electrons. The van der Waals surface area contributed by atoms with Crippen LogP contribution in [0.2, 0.25) is 0 Å². The van der Waals surface area contributed by atoms with E-state index in [2.05, 4.69) is 4.72 Å². The van der Waals surface area contributed by atoms with E-state index < -0.39 is 10.0 Å². The lowest BCUT2D eigenvalue weighted by atomic mass is 10.1. The number of nitrogens with one attached hydrogen (secondary N) is 1. The fourth-order valence-electron chi connectivity index (χ4n) is 1.91. The largest absolute Gasteiger partial charge is 0.495 e. The van der Waals surface area contributed by atoms with Gasteiger partial charge in [0.05, 0.1) is 7.11 Å². The predicted octanol–water partition coefficient (Wildman–Crippen LogP) is 3.06. The zero-order valence-electron chi connectivity index (χ0n) is 11.5. The zero-order valence-corrected chi connectivity index (χ0v) is 12.3. The summed E-state index contributed by atoms with van der Waals surface area (Å²) in [6, 6.07) is 13.9. The van der Waals surface area contributed by atoms with Gasteiger partial charge in [-0.3, -0.25) is 4.72 Å². The number of anilines is 1. The van der Waals surface area contributed by atoms with Gasteiger partial charge in [0.15, 0.2) is 0 Å². The van der Waals surface area contributed by atoms with Crippen molar-refractivity contribution in [1.82, 2.24) is 0 Å². The lowest BCUT2D eigenvalue weighted by Crippen LogP contribution is -2.14. The van der Waals surface area contributed by atoms with Gasteiger partial charge >= 0.3 is 0 Å². The van der Waals surface area contributed by atoms with Crippen molar-refractivity contribution in [3.8, 4) is 5.75 Å². The van der Waals surface area contributed by atoms with Crippen molar-refractivity contribution in [2.24, 2.45) is 0 Å². The van der Waals surface area contributed by atoms with Crippen molar-refractivity contribution in [2.75, 3.05) is 11.8 Å². The van der Waals surface area contributed by atoms with Crippen LogP contribution in [0.25, 0.3) is 0 Å². The Morgan fingerprint density at radius 1 is 1.10 bits per heavy atom. The van der Waals surface area contributed by atoms with Crippen LogP contribution >= 0.6 is 0 Å². The summed E-state index contributed by atoms with van der Waals surface area (Å²) in [6.45, 7) is 2.02. The molecular weight excluding hydrogens is 274 g/mol. The highest BCUT2D eigenvalue weighted by atomic mass is 32.2. The summed E-state index contributed by atoms with van der Waals surface area (Å²) >= 11 is 0. The lowest BCUT2D eigenvalue weighted by molar-refractivity contribution is 0.403. The highest BCUT2D eigenvalue weighted by molar-refractivity contribution is 7.92. The average molecular weight is 291 g/mol. The molecule has 0 aliphatic heterocycles. The number of benzene rings is 2. The third-order valence-electron chi connectivity index (χ3n) is 2.95. The number of ether oxygens (including phenoxy) is 1. The number of methoxy groups -OCH3 is 1. The molecule has 0 saturated carbocycles. The smallest absolute Gasteiger partial charge is 0.265 e. The van der Waals surface area contributed by atoms with Crippen LogP contribution in [0.15, 0.2) is 53.4 Å². The minimum Gasteiger partial charge on any atom is -0.495 e. The molecule has 0 atom stereocenters. The molecule has 1 N–H and O–H groups in total. The number of sulfonamides is 1. The van der Waals surface area contributed by atoms with Gasteiger partial charge in [-0.25, -0.2) is 8.42 Å². The van der Waals surface area contributed by atoms with Crippen molar-refractivity contribution in [3.05, 3.63) is 54.1 Å². The standard InChI is InChI=1S/C15H17NO3S/c1-3-12-7-6-8-13(11-12)16-20(17,18)15-10-5-4-9-14(15)19-2/h4-11,16H,3H2,1-2H3.